The quantitative estimate of drug-likeness (QED) is 0.430. The molecule has 28 heavy (non-hydrogen) atoms. The molecule has 2 fully saturated rings. The van der Waals surface area contributed by atoms with Crippen LogP contribution in [-0.4, -0.2) is 44.4 Å². The first kappa shape index (κ1) is 18.7. The van der Waals surface area contributed by atoms with Crippen molar-refractivity contribution in [1.82, 2.24) is 14.8 Å². The molecule has 2 aromatic rings. The Balaban J connectivity index is 1.40. The predicted molar refractivity (Wildman–Crippen MR) is 107 cm³/mol. The molecule has 1 aromatic heterocycles. The Bertz CT molecular complexity index is 876. The molecule has 1 aliphatic heterocycles. The number of amides is 1. The van der Waals surface area contributed by atoms with E-state index in [2.05, 4.69) is 25.0 Å². The largest absolute Gasteiger partial charge is 0.341 e. The van der Waals surface area contributed by atoms with Crippen LogP contribution in [0.4, 0.5) is 17.3 Å². The molecule has 148 valence electrons. The van der Waals surface area contributed by atoms with Crippen LogP contribution in [0.25, 0.3) is 0 Å². The predicted octanol–water partition coefficient (Wildman–Crippen LogP) is 3.24. The number of non-ortho nitro benzene ring substituents is 1. The van der Waals surface area contributed by atoms with Gasteiger partial charge in [-0.05, 0) is 38.2 Å². The van der Waals surface area contributed by atoms with E-state index in [1.807, 2.05) is 0 Å². The summed E-state index contributed by atoms with van der Waals surface area (Å²) in [6, 6.07) is 6.36. The Hall–Kier alpha value is -2.62. The fraction of sp³-hybridized carbons (Fsp3) is 0.500. The van der Waals surface area contributed by atoms with Crippen LogP contribution in [-0.2, 0) is 4.79 Å². The summed E-state index contributed by atoms with van der Waals surface area (Å²) in [4.78, 5) is 25.0. The standard InChI is InChI=1S/C18H22N6O3S/c25-16(19-13-5-4-6-15(11-13)24(26)27)12-28-18-21-20-17(23(18)14-7-8-14)22-9-2-1-3-10-22/h4-6,11,14H,1-3,7-10,12H2,(H,19,25). The van der Waals surface area contributed by atoms with Gasteiger partial charge < -0.3 is 10.2 Å². The lowest BCUT2D eigenvalue weighted by atomic mass is 10.1. The van der Waals surface area contributed by atoms with Gasteiger partial charge in [-0.1, -0.05) is 17.8 Å². The van der Waals surface area contributed by atoms with E-state index in [1.165, 1.54) is 43.2 Å². The fourth-order valence-electron chi connectivity index (χ4n) is 3.35. The number of carbonyl (C=O) groups is 1. The van der Waals surface area contributed by atoms with Gasteiger partial charge >= 0.3 is 0 Å². The van der Waals surface area contributed by atoms with Crippen LogP contribution < -0.4 is 10.2 Å². The number of nitrogens with zero attached hydrogens (tertiary/aromatic N) is 5. The van der Waals surface area contributed by atoms with Crippen molar-refractivity contribution in [2.45, 2.75) is 43.3 Å². The van der Waals surface area contributed by atoms with Gasteiger partial charge in [-0.25, -0.2) is 0 Å². The van der Waals surface area contributed by atoms with Crippen molar-refractivity contribution in [3.05, 3.63) is 34.4 Å². The van der Waals surface area contributed by atoms with Crippen LogP contribution in [0.1, 0.15) is 38.1 Å². The topological polar surface area (TPSA) is 106 Å². The fourth-order valence-corrected chi connectivity index (χ4v) is 4.15. The van der Waals surface area contributed by atoms with Gasteiger partial charge in [0.2, 0.25) is 11.9 Å². The van der Waals surface area contributed by atoms with E-state index in [-0.39, 0.29) is 17.3 Å². The molecule has 0 atom stereocenters. The molecule has 1 aromatic carbocycles. The van der Waals surface area contributed by atoms with E-state index in [1.54, 1.807) is 12.1 Å². The van der Waals surface area contributed by atoms with E-state index in [0.717, 1.165) is 37.0 Å². The number of piperidine rings is 1. The summed E-state index contributed by atoms with van der Waals surface area (Å²) < 4.78 is 2.18. The average molecular weight is 402 g/mol. The highest BCUT2D eigenvalue weighted by Crippen LogP contribution is 2.41. The Kier molecular flexibility index (Phi) is 5.47. The van der Waals surface area contributed by atoms with E-state index in [4.69, 9.17) is 0 Å². The summed E-state index contributed by atoms with van der Waals surface area (Å²) >= 11 is 1.35. The van der Waals surface area contributed by atoms with Crippen LogP contribution in [0.15, 0.2) is 29.4 Å². The summed E-state index contributed by atoms with van der Waals surface area (Å²) in [7, 11) is 0. The van der Waals surface area contributed by atoms with Gasteiger partial charge in [0.1, 0.15) is 0 Å². The number of hydrogen-bond donors (Lipinski definition) is 1. The minimum atomic E-state index is -0.482. The Morgan fingerprint density at radius 1 is 1.25 bits per heavy atom. The van der Waals surface area contributed by atoms with Gasteiger partial charge in [0, 0.05) is 37.0 Å². The van der Waals surface area contributed by atoms with Crippen molar-refractivity contribution < 1.29 is 9.72 Å². The van der Waals surface area contributed by atoms with Crippen LogP contribution in [0.3, 0.4) is 0 Å². The minimum Gasteiger partial charge on any atom is -0.341 e. The molecule has 1 N–H and O–H groups in total. The number of nitro groups is 1. The van der Waals surface area contributed by atoms with Crippen molar-refractivity contribution in [2.24, 2.45) is 0 Å². The molecule has 0 spiro atoms. The highest BCUT2D eigenvalue weighted by atomic mass is 32.2. The first-order valence-corrected chi connectivity index (χ1v) is 10.5. The second kappa shape index (κ2) is 8.17. The molecule has 1 saturated heterocycles. The molecular weight excluding hydrogens is 380 g/mol. The summed E-state index contributed by atoms with van der Waals surface area (Å²) in [6.07, 6.45) is 5.84. The van der Waals surface area contributed by atoms with Gasteiger partial charge in [-0.15, -0.1) is 10.2 Å². The summed E-state index contributed by atoms with van der Waals surface area (Å²) in [6.45, 7) is 2.01. The lowest BCUT2D eigenvalue weighted by Crippen LogP contribution is -2.32. The molecule has 2 heterocycles. The van der Waals surface area contributed by atoms with Crippen LogP contribution in [0.5, 0.6) is 0 Å². The molecule has 0 radical (unpaired) electrons. The monoisotopic (exact) mass is 402 g/mol. The van der Waals surface area contributed by atoms with Crippen molar-refractivity contribution in [3.8, 4) is 0 Å². The number of nitrogens with one attached hydrogen (secondary N) is 1. The molecule has 0 unspecified atom stereocenters. The lowest BCUT2D eigenvalue weighted by molar-refractivity contribution is -0.384. The second-order valence-corrected chi connectivity index (χ2v) is 8.02. The number of carbonyl (C=O) groups excluding carboxylic acids is 1. The third-order valence-electron chi connectivity index (χ3n) is 4.87. The maximum atomic E-state index is 12.3. The van der Waals surface area contributed by atoms with E-state index < -0.39 is 4.92 Å². The number of hydrogen-bond acceptors (Lipinski definition) is 7. The normalized spacial score (nSPS) is 16.8. The summed E-state index contributed by atoms with van der Waals surface area (Å²) in [5, 5.41) is 23.1. The van der Waals surface area contributed by atoms with Gasteiger partial charge in [-0.2, -0.15) is 0 Å². The number of anilines is 2. The van der Waals surface area contributed by atoms with E-state index in [0.29, 0.717) is 11.7 Å². The van der Waals surface area contributed by atoms with E-state index in [9.17, 15) is 14.9 Å². The first-order valence-electron chi connectivity index (χ1n) is 9.49. The Labute approximate surface area is 166 Å². The zero-order valence-corrected chi connectivity index (χ0v) is 16.2. The number of nitro benzene ring substituents is 1. The van der Waals surface area contributed by atoms with Crippen LogP contribution >= 0.6 is 11.8 Å². The van der Waals surface area contributed by atoms with Crippen molar-refractivity contribution >= 4 is 35.0 Å². The second-order valence-electron chi connectivity index (χ2n) is 7.08. The zero-order chi connectivity index (χ0) is 19.5. The maximum Gasteiger partial charge on any atom is 0.271 e. The Morgan fingerprint density at radius 2 is 2.04 bits per heavy atom. The number of aromatic nitrogens is 3. The third-order valence-corrected chi connectivity index (χ3v) is 5.81. The molecule has 0 bridgehead atoms. The SMILES string of the molecule is O=C(CSc1nnc(N2CCCCC2)n1C1CC1)Nc1cccc([N+](=O)[O-])c1. The molecule has 9 nitrogen and oxygen atoms in total. The van der Waals surface area contributed by atoms with Gasteiger partial charge in [0.15, 0.2) is 5.16 Å². The Morgan fingerprint density at radius 3 is 2.75 bits per heavy atom. The van der Waals surface area contributed by atoms with Gasteiger partial charge in [-0.3, -0.25) is 19.5 Å². The highest BCUT2D eigenvalue weighted by molar-refractivity contribution is 7.99. The molecule has 10 heteroatoms. The van der Waals surface area contributed by atoms with Gasteiger partial charge in [0.25, 0.3) is 5.69 Å². The first-order chi connectivity index (χ1) is 13.6. The summed E-state index contributed by atoms with van der Waals surface area (Å²) in [5.74, 6) is 0.868. The number of thioether (sulfide) groups is 1. The minimum absolute atomic E-state index is 0.0508. The number of rotatable bonds is 7. The average Bonchev–Trinajstić information content (AvgIpc) is 3.46. The number of benzene rings is 1. The zero-order valence-electron chi connectivity index (χ0n) is 15.4. The van der Waals surface area contributed by atoms with E-state index >= 15 is 0 Å². The van der Waals surface area contributed by atoms with Crippen molar-refractivity contribution in [1.29, 1.82) is 0 Å². The summed E-state index contributed by atoms with van der Waals surface area (Å²) in [5.41, 5.74) is 0.363. The maximum absolute atomic E-state index is 12.3. The van der Waals surface area contributed by atoms with Crippen molar-refractivity contribution in [2.75, 3.05) is 29.1 Å². The molecular formula is C18H22N6O3S. The molecule has 2 aliphatic rings. The molecule has 1 aliphatic carbocycles. The van der Waals surface area contributed by atoms with Crippen molar-refractivity contribution in [3.63, 3.8) is 0 Å². The smallest absolute Gasteiger partial charge is 0.271 e. The molecule has 1 amide bonds. The van der Waals surface area contributed by atoms with Crippen LogP contribution in [0.2, 0.25) is 0 Å². The lowest BCUT2D eigenvalue weighted by Gasteiger charge is -2.27. The molecule has 4 rings (SSSR count). The molecule has 1 saturated carbocycles. The highest BCUT2D eigenvalue weighted by Gasteiger charge is 2.32. The van der Waals surface area contributed by atoms with Crippen LogP contribution in [0, 0.1) is 10.1 Å². The third kappa shape index (κ3) is 4.27. The van der Waals surface area contributed by atoms with Gasteiger partial charge in [0.05, 0.1) is 10.7 Å².